The van der Waals surface area contributed by atoms with Gasteiger partial charge in [0, 0.05) is 22.9 Å². The van der Waals surface area contributed by atoms with Crippen molar-refractivity contribution in [2.45, 2.75) is 4.90 Å². The minimum atomic E-state index is 0.891. The summed E-state index contributed by atoms with van der Waals surface area (Å²) in [5.41, 5.74) is 3.39. The molecule has 0 fully saturated rings. The third-order valence-corrected chi connectivity index (χ3v) is 4.71. The van der Waals surface area contributed by atoms with Crippen LogP contribution >= 0.6 is 23.1 Å². The molecular formula is C14H13N3S2. The molecule has 0 spiro atoms. The summed E-state index contributed by atoms with van der Waals surface area (Å²) in [5, 5.41) is 5.26. The highest BCUT2D eigenvalue weighted by Gasteiger charge is 2.11. The summed E-state index contributed by atoms with van der Waals surface area (Å²) in [4.78, 5) is 9.94. The Balaban J connectivity index is 2.14. The minimum absolute atomic E-state index is 0.891. The van der Waals surface area contributed by atoms with E-state index >= 15 is 0 Å². The van der Waals surface area contributed by atoms with Gasteiger partial charge in [-0.1, -0.05) is 12.1 Å². The fourth-order valence-corrected chi connectivity index (χ4v) is 3.44. The van der Waals surface area contributed by atoms with Crippen LogP contribution in [0, 0.1) is 0 Å². The maximum atomic E-state index is 4.42. The lowest BCUT2D eigenvalue weighted by atomic mass is 10.1. The number of thioether (sulfide) groups is 1. The second-order valence-electron chi connectivity index (χ2n) is 4.03. The van der Waals surface area contributed by atoms with Gasteiger partial charge in [0.1, 0.15) is 12.1 Å². The molecule has 0 radical (unpaired) electrons. The number of benzene rings is 1. The first kappa shape index (κ1) is 12.4. The summed E-state index contributed by atoms with van der Waals surface area (Å²) in [6.45, 7) is 0. The molecule has 3 rings (SSSR count). The molecule has 2 heterocycles. The Morgan fingerprint density at radius 3 is 2.63 bits per heavy atom. The Labute approximate surface area is 120 Å². The van der Waals surface area contributed by atoms with Gasteiger partial charge in [0.05, 0.1) is 10.2 Å². The van der Waals surface area contributed by atoms with Crippen molar-refractivity contribution in [3.05, 3.63) is 36.0 Å². The summed E-state index contributed by atoms with van der Waals surface area (Å²) in [6, 6.07) is 8.58. The summed E-state index contributed by atoms with van der Waals surface area (Å²) in [5.74, 6) is 0.891. The molecule has 0 aliphatic rings. The number of hydrogen-bond donors (Lipinski definition) is 1. The lowest BCUT2D eigenvalue weighted by Gasteiger charge is -2.02. The number of hydrogen-bond acceptors (Lipinski definition) is 5. The van der Waals surface area contributed by atoms with Gasteiger partial charge in [-0.15, -0.1) is 23.1 Å². The molecule has 19 heavy (non-hydrogen) atoms. The monoisotopic (exact) mass is 287 g/mol. The summed E-state index contributed by atoms with van der Waals surface area (Å²) < 4.78 is 1.11. The van der Waals surface area contributed by atoms with Crippen molar-refractivity contribution < 1.29 is 0 Å². The summed E-state index contributed by atoms with van der Waals surface area (Å²) in [7, 11) is 1.88. The number of aromatic nitrogens is 2. The number of rotatable bonds is 3. The van der Waals surface area contributed by atoms with Crippen LogP contribution in [0.1, 0.15) is 0 Å². The summed E-state index contributed by atoms with van der Waals surface area (Å²) in [6.07, 6.45) is 3.70. The second kappa shape index (κ2) is 5.19. The third-order valence-electron chi connectivity index (χ3n) is 2.99. The van der Waals surface area contributed by atoms with Crippen LogP contribution in [0.2, 0.25) is 0 Å². The molecule has 0 saturated heterocycles. The van der Waals surface area contributed by atoms with Gasteiger partial charge in [-0.25, -0.2) is 9.97 Å². The van der Waals surface area contributed by atoms with Crippen LogP contribution in [0.3, 0.4) is 0 Å². The fourth-order valence-electron chi connectivity index (χ4n) is 2.00. The van der Waals surface area contributed by atoms with Crippen molar-refractivity contribution in [3.8, 4) is 11.1 Å². The molecule has 1 aromatic carbocycles. The third kappa shape index (κ3) is 2.19. The molecule has 96 valence electrons. The van der Waals surface area contributed by atoms with Gasteiger partial charge in [-0.3, -0.25) is 0 Å². The highest BCUT2D eigenvalue weighted by molar-refractivity contribution is 7.98. The maximum Gasteiger partial charge on any atom is 0.147 e. The molecule has 5 heteroatoms. The van der Waals surface area contributed by atoms with E-state index in [9.17, 15) is 0 Å². The van der Waals surface area contributed by atoms with Crippen LogP contribution in [-0.2, 0) is 0 Å². The highest BCUT2D eigenvalue weighted by atomic mass is 32.2. The molecule has 0 amide bonds. The predicted molar refractivity (Wildman–Crippen MR) is 84.2 cm³/mol. The number of anilines is 1. The molecule has 0 aliphatic carbocycles. The molecule has 1 N–H and O–H groups in total. The van der Waals surface area contributed by atoms with Crippen molar-refractivity contribution >= 4 is 39.1 Å². The van der Waals surface area contributed by atoms with E-state index in [4.69, 9.17) is 0 Å². The van der Waals surface area contributed by atoms with Gasteiger partial charge in [0.25, 0.3) is 0 Å². The van der Waals surface area contributed by atoms with Crippen LogP contribution in [0.5, 0.6) is 0 Å². The van der Waals surface area contributed by atoms with E-state index < -0.39 is 0 Å². The zero-order valence-electron chi connectivity index (χ0n) is 10.7. The van der Waals surface area contributed by atoms with Crippen molar-refractivity contribution in [1.82, 2.24) is 9.97 Å². The first-order valence-electron chi connectivity index (χ1n) is 5.88. The van der Waals surface area contributed by atoms with E-state index in [1.165, 1.54) is 16.0 Å². The van der Waals surface area contributed by atoms with Gasteiger partial charge >= 0.3 is 0 Å². The average Bonchev–Trinajstić information content (AvgIpc) is 2.91. The Bertz CT molecular complexity index is 704. The standard InChI is InChI=1S/C14H13N3S2/c1-15-14-13-12(16-8-17-14)11(7-19-13)9-3-5-10(18-2)6-4-9/h3-8H,1-2H3,(H,15,16,17). The van der Waals surface area contributed by atoms with E-state index in [0.29, 0.717) is 0 Å². The zero-order chi connectivity index (χ0) is 13.2. The van der Waals surface area contributed by atoms with Gasteiger partial charge in [-0.05, 0) is 24.0 Å². The fraction of sp³-hybridized carbons (Fsp3) is 0.143. The molecule has 3 nitrogen and oxygen atoms in total. The first-order chi connectivity index (χ1) is 9.33. The topological polar surface area (TPSA) is 37.8 Å². The number of fused-ring (bicyclic) bond motifs is 1. The zero-order valence-corrected chi connectivity index (χ0v) is 12.3. The number of thiophene rings is 1. The quantitative estimate of drug-likeness (QED) is 0.735. The molecule has 0 atom stereocenters. The molecule has 0 bridgehead atoms. The maximum absolute atomic E-state index is 4.42. The lowest BCUT2D eigenvalue weighted by Crippen LogP contribution is -1.92. The van der Waals surface area contributed by atoms with Crippen LogP contribution in [0.15, 0.2) is 40.9 Å². The van der Waals surface area contributed by atoms with Crippen molar-refractivity contribution in [2.24, 2.45) is 0 Å². The van der Waals surface area contributed by atoms with Crippen molar-refractivity contribution in [1.29, 1.82) is 0 Å². The molecule has 0 saturated carbocycles. The van der Waals surface area contributed by atoms with E-state index in [0.717, 1.165) is 16.0 Å². The van der Waals surface area contributed by atoms with E-state index in [2.05, 4.69) is 51.2 Å². The SMILES string of the molecule is CNc1ncnc2c(-c3ccc(SC)cc3)csc12. The minimum Gasteiger partial charge on any atom is -0.372 e. The summed E-state index contributed by atoms with van der Waals surface area (Å²) >= 11 is 3.43. The Morgan fingerprint density at radius 1 is 1.16 bits per heavy atom. The smallest absolute Gasteiger partial charge is 0.147 e. The molecule has 0 unspecified atom stereocenters. The molecule has 3 aromatic rings. The van der Waals surface area contributed by atoms with Crippen molar-refractivity contribution in [3.63, 3.8) is 0 Å². The van der Waals surface area contributed by atoms with E-state index in [-0.39, 0.29) is 0 Å². The van der Waals surface area contributed by atoms with E-state index in [1.807, 2.05) is 7.05 Å². The van der Waals surface area contributed by atoms with Gasteiger partial charge < -0.3 is 5.32 Å². The largest absolute Gasteiger partial charge is 0.372 e. The van der Waals surface area contributed by atoms with Crippen LogP contribution in [0.4, 0.5) is 5.82 Å². The van der Waals surface area contributed by atoms with Crippen molar-refractivity contribution in [2.75, 3.05) is 18.6 Å². The highest BCUT2D eigenvalue weighted by Crippen LogP contribution is 2.35. The van der Waals surface area contributed by atoms with E-state index in [1.54, 1.807) is 29.4 Å². The van der Waals surface area contributed by atoms with Crippen LogP contribution < -0.4 is 5.32 Å². The van der Waals surface area contributed by atoms with Gasteiger partial charge in [0.15, 0.2) is 0 Å². The Morgan fingerprint density at radius 2 is 1.95 bits per heavy atom. The number of nitrogens with zero attached hydrogens (tertiary/aromatic N) is 2. The second-order valence-corrected chi connectivity index (χ2v) is 5.79. The average molecular weight is 287 g/mol. The normalized spacial score (nSPS) is 10.8. The van der Waals surface area contributed by atoms with Gasteiger partial charge in [-0.2, -0.15) is 0 Å². The Hall–Kier alpha value is -1.59. The Kier molecular flexibility index (Phi) is 3.40. The number of nitrogens with one attached hydrogen (secondary N) is 1. The van der Waals surface area contributed by atoms with Crippen LogP contribution in [-0.4, -0.2) is 23.3 Å². The molecular weight excluding hydrogens is 274 g/mol. The molecule has 2 aromatic heterocycles. The lowest BCUT2D eigenvalue weighted by molar-refractivity contribution is 1.22. The first-order valence-corrected chi connectivity index (χ1v) is 7.98. The van der Waals surface area contributed by atoms with Crippen LogP contribution in [0.25, 0.3) is 21.3 Å². The molecule has 0 aliphatic heterocycles. The van der Waals surface area contributed by atoms with Gasteiger partial charge in [0.2, 0.25) is 0 Å². The predicted octanol–water partition coefficient (Wildman–Crippen LogP) is 4.12.